The molecule has 1 atom stereocenters. The molecular weight excluding hydrogens is 230 g/mol. The molecule has 0 saturated heterocycles. The van der Waals surface area contributed by atoms with Gasteiger partial charge in [-0.15, -0.1) is 0 Å². The summed E-state index contributed by atoms with van der Waals surface area (Å²) in [6.07, 6.45) is 0. The third-order valence-electron chi connectivity index (χ3n) is 2.87. The van der Waals surface area contributed by atoms with E-state index in [-0.39, 0.29) is 12.0 Å². The Balaban J connectivity index is 2.58. The minimum absolute atomic E-state index is 0.219. The van der Waals surface area contributed by atoms with Crippen LogP contribution in [0.25, 0.3) is 0 Å². The summed E-state index contributed by atoms with van der Waals surface area (Å²) in [5, 5.41) is 0. The zero-order chi connectivity index (χ0) is 13.5. The number of likely N-dealkylation sites (N-methyl/N-ethyl adjacent to an activating group) is 1. The van der Waals surface area contributed by atoms with E-state index in [1.165, 1.54) is 7.11 Å². The van der Waals surface area contributed by atoms with Crippen LogP contribution in [0.5, 0.6) is 5.75 Å². The summed E-state index contributed by atoms with van der Waals surface area (Å²) in [6.45, 7) is 5.15. The Kier molecular flexibility index (Phi) is 5.65. The number of ether oxygens (including phenoxy) is 2. The summed E-state index contributed by atoms with van der Waals surface area (Å²) in [4.78, 5) is 13.3. The van der Waals surface area contributed by atoms with Crippen LogP contribution in [-0.2, 0) is 16.1 Å². The van der Waals surface area contributed by atoms with Crippen molar-refractivity contribution in [2.45, 2.75) is 26.4 Å². The van der Waals surface area contributed by atoms with Crippen LogP contribution in [0.1, 0.15) is 19.4 Å². The Labute approximate surface area is 108 Å². The summed E-state index contributed by atoms with van der Waals surface area (Å²) in [7, 11) is 3.31. The van der Waals surface area contributed by atoms with E-state index in [2.05, 4.69) is 0 Å². The average Bonchev–Trinajstić information content (AvgIpc) is 2.39. The van der Waals surface area contributed by atoms with E-state index in [1.807, 2.05) is 50.1 Å². The predicted molar refractivity (Wildman–Crippen MR) is 70.6 cm³/mol. The van der Waals surface area contributed by atoms with E-state index >= 15 is 0 Å². The second kappa shape index (κ2) is 7.01. The second-order valence-electron chi connectivity index (χ2n) is 4.19. The van der Waals surface area contributed by atoms with Crippen molar-refractivity contribution in [3.63, 3.8) is 0 Å². The van der Waals surface area contributed by atoms with Gasteiger partial charge < -0.3 is 9.47 Å². The molecule has 0 aliphatic heterocycles. The fourth-order valence-corrected chi connectivity index (χ4v) is 1.63. The monoisotopic (exact) mass is 251 g/mol. The number of nitrogens with zero attached hydrogens (tertiary/aromatic N) is 1. The molecule has 0 aliphatic carbocycles. The van der Waals surface area contributed by atoms with Crippen molar-refractivity contribution in [2.75, 3.05) is 20.8 Å². The smallest absolute Gasteiger partial charge is 0.322 e. The fourth-order valence-electron chi connectivity index (χ4n) is 1.63. The van der Waals surface area contributed by atoms with E-state index in [4.69, 9.17) is 9.47 Å². The lowest BCUT2D eigenvalue weighted by Gasteiger charge is -2.22. The van der Waals surface area contributed by atoms with Crippen LogP contribution in [-0.4, -0.2) is 37.7 Å². The minimum atomic E-state index is -0.249. The van der Waals surface area contributed by atoms with Crippen molar-refractivity contribution >= 4 is 5.97 Å². The first kappa shape index (κ1) is 14.5. The van der Waals surface area contributed by atoms with Gasteiger partial charge in [-0.2, -0.15) is 0 Å². The molecule has 0 heterocycles. The van der Waals surface area contributed by atoms with Crippen molar-refractivity contribution in [1.82, 2.24) is 4.90 Å². The topological polar surface area (TPSA) is 38.8 Å². The Hall–Kier alpha value is -1.55. The molecule has 0 saturated carbocycles. The molecule has 1 unspecified atom stereocenters. The van der Waals surface area contributed by atoms with Gasteiger partial charge in [-0.1, -0.05) is 12.1 Å². The van der Waals surface area contributed by atoms with Crippen LogP contribution in [0.2, 0.25) is 0 Å². The maximum atomic E-state index is 11.4. The van der Waals surface area contributed by atoms with Gasteiger partial charge in [-0.05, 0) is 38.6 Å². The van der Waals surface area contributed by atoms with Crippen LogP contribution in [0.3, 0.4) is 0 Å². The molecule has 0 aromatic heterocycles. The van der Waals surface area contributed by atoms with E-state index in [9.17, 15) is 4.79 Å². The lowest BCUT2D eigenvalue weighted by atomic mass is 10.2. The van der Waals surface area contributed by atoms with E-state index in [1.54, 1.807) is 0 Å². The summed E-state index contributed by atoms with van der Waals surface area (Å²) >= 11 is 0. The molecule has 0 N–H and O–H groups in total. The van der Waals surface area contributed by atoms with Crippen LogP contribution < -0.4 is 4.74 Å². The number of hydrogen-bond donors (Lipinski definition) is 0. The zero-order valence-corrected chi connectivity index (χ0v) is 11.5. The quantitative estimate of drug-likeness (QED) is 0.726. The molecule has 0 aliphatic rings. The fraction of sp³-hybridized carbons (Fsp3) is 0.500. The molecular formula is C14H21NO3. The van der Waals surface area contributed by atoms with Gasteiger partial charge in [-0.25, -0.2) is 0 Å². The number of benzene rings is 1. The Morgan fingerprint density at radius 1 is 1.33 bits per heavy atom. The van der Waals surface area contributed by atoms with Gasteiger partial charge in [0.1, 0.15) is 11.8 Å². The molecule has 0 amide bonds. The maximum Gasteiger partial charge on any atom is 0.322 e. The number of carbonyl (C=O) groups is 1. The van der Waals surface area contributed by atoms with E-state index < -0.39 is 0 Å². The Morgan fingerprint density at radius 2 is 1.94 bits per heavy atom. The predicted octanol–water partition coefficient (Wildman–Crippen LogP) is 2.08. The molecule has 1 aromatic rings. The first-order valence-electron chi connectivity index (χ1n) is 6.08. The molecule has 4 nitrogen and oxygen atoms in total. The molecule has 0 bridgehead atoms. The van der Waals surface area contributed by atoms with Crippen molar-refractivity contribution in [3.05, 3.63) is 29.8 Å². The van der Waals surface area contributed by atoms with E-state index in [0.29, 0.717) is 13.2 Å². The molecule has 100 valence electrons. The molecule has 0 radical (unpaired) electrons. The van der Waals surface area contributed by atoms with Crippen molar-refractivity contribution < 1.29 is 14.3 Å². The maximum absolute atomic E-state index is 11.4. The third kappa shape index (κ3) is 4.04. The molecule has 1 aromatic carbocycles. The minimum Gasteiger partial charge on any atom is -0.494 e. The summed E-state index contributed by atoms with van der Waals surface area (Å²) < 4.78 is 10.1. The van der Waals surface area contributed by atoms with E-state index in [0.717, 1.165) is 11.3 Å². The molecule has 0 fully saturated rings. The van der Waals surface area contributed by atoms with Crippen LogP contribution in [0.15, 0.2) is 24.3 Å². The Bertz CT molecular complexity index is 375. The highest BCUT2D eigenvalue weighted by molar-refractivity contribution is 5.75. The highest BCUT2D eigenvalue weighted by atomic mass is 16.5. The largest absolute Gasteiger partial charge is 0.494 e. The lowest BCUT2D eigenvalue weighted by molar-refractivity contribution is -0.145. The van der Waals surface area contributed by atoms with Gasteiger partial charge in [0, 0.05) is 6.54 Å². The van der Waals surface area contributed by atoms with Gasteiger partial charge in [0.15, 0.2) is 0 Å². The number of hydrogen-bond acceptors (Lipinski definition) is 4. The number of carbonyl (C=O) groups excluding carboxylic acids is 1. The molecule has 0 spiro atoms. The van der Waals surface area contributed by atoms with Gasteiger partial charge >= 0.3 is 5.97 Å². The summed E-state index contributed by atoms with van der Waals surface area (Å²) in [5.74, 6) is 0.647. The highest BCUT2D eigenvalue weighted by Gasteiger charge is 2.18. The standard InChI is InChI=1S/C14H21NO3/c1-5-18-13-8-6-12(7-9-13)10-15(3)11(2)14(16)17-4/h6-9,11H,5,10H2,1-4H3. The average molecular weight is 251 g/mol. The Morgan fingerprint density at radius 3 is 2.44 bits per heavy atom. The number of esters is 1. The first-order valence-corrected chi connectivity index (χ1v) is 6.08. The normalized spacial score (nSPS) is 12.3. The highest BCUT2D eigenvalue weighted by Crippen LogP contribution is 2.14. The zero-order valence-electron chi connectivity index (χ0n) is 11.5. The van der Waals surface area contributed by atoms with Crippen molar-refractivity contribution in [3.8, 4) is 5.75 Å². The lowest BCUT2D eigenvalue weighted by Crippen LogP contribution is -2.36. The SMILES string of the molecule is CCOc1ccc(CN(C)C(C)C(=O)OC)cc1. The van der Waals surface area contributed by atoms with Crippen LogP contribution in [0, 0.1) is 0 Å². The van der Waals surface area contributed by atoms with Crippen molar-refractivity contribution in [2.24, 2.45) is 0 Å². The molecule has 4 heteroatoms. The van der Waals surface area contributed by atoms with Crippen LogP contribution >= 0.6 is 0 Å². The summed E-state index contributed by atoms with van der Waals surface area (Å²) in [6, 6.07) is 7.64. The first-order chi connectivity index (χ1) is 8.58. The van der Waals surface area contributed by atoms with Crippen molar-refractivity contribution in [1.29, 1.82) is 0 Å². The van der Waals surface area contributed by atoms with Gasteiger partial charge in [0.25, 0.3) is 0 Å². The third-order valence-corrected chi connectivity index (χ3v) is 2.87. The molecule has 18 heavy (non-hydrogen) atoms. The summed E-state index contributed by atoms with van der Waals surface area (Å²) in [5.41, 5.74) is 1.14. The van der Waals surface area contributed by atoms with Gasteiger partial charge in [0.2, 0.25) is 0 Å². The van der Waals surface area contributed by atoms with Gasteiger partial charge in [-0.3, -0.25) is 9.69 Å². The number of rotatable bonds is 6. The second-order valence-corrected chi connectivity index (χ2v) is 4.19. The van der Waals surface area contributed by atoms with Crippen LogP contribution in [0.4, 0.5) is 0 Å². The number of methoxy groups -OCH3 is 1. The van der Waals surface area contributed by atoms with Gasteiger partial charge in [0.05, 0.1) is 13.7 Å². The molecule has 1 rings (SSSR count).